The van der Waals surface area contributed by atoms with Gasteiger partial charge < -0.3 is 18.8 Å². The first-order chi connectivity index (χ1) is 12.1. The molecule has 0 bridgehead atoms. The lowest BCUT2D eigenvalue weighted by Crippen LogP contribution is -2.46. The highest BCUT2D eigenvalue weighted by Gasteiger charge is 2.44. The van der Waals surface area contributed by atoms with Crippen LogP contribution in [0.1, 0.15) is 29.2 Å². The van der Waals surface area contributed by atoms with Gasteiger partial charge in [-0.1, -0.05) is 0 Å². The van der Waals surface area contributed by atoms with E-state index < -0.39 is 5.60 Å². The third kappa shape index (κ3) is 3.45. The third-order valence-corrected chi connectivity index (χ3v) is 4.78. The number of rotatable bonds is 3. The summed E-state index contributed by atoms with van der Waals surface area (Å²) in [5, 5.41) is 4.13. The second kappa shape index (κ2) is 6.61. The Hall–Kier alpha value is -2.19. The summed E-state index contributed by atoms with van der Waals surface area (Å²) in [6.45, 7) is 4.55. The molecule has 4 rings (SSSR count). The van der Waals surface area contributed by atoms with Crippen molar-refractivity contribution in [1.82, 2.24) is 19.7 Å². The van der Waals surface area contributed by atoms with Crippen LogP contribution in [0.5, 0.6) is 0 Å². The fraction of sp³-hybridized carbons (Fsp3) is 0.588. The topological polar surface area (TPSA) is 82.6 Å². The average molecular weight is 346 g/mol. The lowest BCUT2D eigenvalue weighted by Gasteiger charge is -2.31. The summed E-state index contributed by atoms with van der Waals surface area (Å²) in [4.78, 5) is 18.5. The van der Waals surface area contributed by atoms with E-state index in [0.29, 0.717) is 38.6 Å². The number of nitrogens with zero attached hydrogens (tertiary/aromatic N) is 4. The van der Waals surface area contributed by atoms with Crippen molar-refractivity contribution in [3.05, 3.63) is 36.3 Å². The van der Waals surface area contributed by atoms with Crippen LogP contribution in [0, 0.1) is 6.92 Å². The summed E-state index contributed by atoms with van der Waals surface area (Å²) in [5.41, 5.74) is -0.459. The van der Waals surface area contributed by atoms with Gasteiger partial charge in [-0.15, -0.1) is 0 Å². The van der Waals surface area contributed by atoms with Gasteiger partial charge in [0.25, 0.3) is 5.91 Å². The molecule has 2 aliphatic heterocycles. The van der Waals surface area contributed by atoms with Crippen molar-refractivity contribution in [1.29, 1.82) is 0 Å². The zero-order chi connectivity index (χ0) is 17.3. The SMILES string of the molecule is Cc1ccc(C(=O)N2CCOC[C@]3(CC[C@H](Cn4cncn4)O3)C2)o1. The van der Waals surface area contributed by atoms with Crippen LogP contribution >= 0.6 is 0 Å². The molecule has 2 saturated heterocycles. The molecule has 0 unspecified atom stereocenters. The predicted molar refractivity (Wildman–Crippen MR) is 87.0 cm³/mol. The highest BCUT2D eigenvalue weighted by Crippen LogP contribution is 2.34. The van der Waals surface area contributed by atoms with Gasteiger partial charge in [-0.25, -0.2) is 4.98 Å². The Bertz CT molecular complexity index is 729. The molecule has 25 heavy (non-hydrogen) atoms. The second-order valence-electron chi connectivity index (χ2n) is 6.77. The van der Waals surface area contributed by atoms with Crippen molar-refractivity contribution in [2.45, 2.75) is 38.0 Å². The van der Waals surface area contributed by atoms with E-state index in [2.05, 4.69) is 10.1 Å². The average Bonchev–Trinajstić information content (AvgIpc) is 3.30. The third-order valence-electron chi connectivity index (χ3n) is 4.78. The Morgan fingerprint density at radius 3 is 3.12 bits per heavy atom. The van der Waals surface area contributed by atoms with E-state index in [1.54, 1.807) is 28.0 Å². The van der Waals surface area contributed by atoms with Crippen LogP contribution in [0.25, 0.3) is 0 Å². The first kappa shape index (κ1) is 16.3. The van der Waals surface area contributed by atoms with Crippen molar-refractivity contribution >= 4 is 5.91 Å². The van der Waals surface area contributed by atoms with Crippen LogP contribution < -0.4 is 0 Å². The summed E-state index contributed by atoms with van der Waals surface area (Å²) >= 11 is 0. The second-order valence-corrected chi connectivity index (χ2v) is 6.77. The molecule has 2 atom stereocenters. The van der Waals surface area contributed by atoms with E-state index >= 15 is 0 Å². The van der Waals surface area contributed by atoms with Crippen LogP contribution in [0.4, 0.5) is 0 Å². The van der Waals surface area contributed by atoms with Gasteiger partial charge in [0, 0.05) is 6.54 Å². The smallest absolute Gasteiger partial charge is 0.289 e. The minimum Gasteiger partial charge on any atom is -0.456 e. The van der Waals surface area contributed by atoms with Crippen LogP contribution in [0.3, 0.4) is 0 Å². The molecule has 2 aromatic rings. The number of carbonyl (C=O) groups excluding carboxylic acids is 1. The molecule has 0 aromatic carbocycles. The molecule has 2 aliphatic rings. The number of hydrogen-bond donors (Lipinski definition) is 0. The molecule has 2 aromatic heterocycles. The maximum atomic E-state index is 12.7. The van der Waals surface area contributed by atoms with Gasteiger partial charge in [-0.2, -0.15) is 5.10 Å². The van der Waals surface area contributed by atoms with Crippen molar-refractivity contribution in [2.24, 2.45) is 0 Å². The molecule has 8 nitrogen and oxygen atoms in total. The summed E-state index contributed by atoms with van der Waals surface area (Å²) in [6.07, 6.45) is 5.02. The summed E-state index contributed by atoms with van der Waals surface area (Å²) < 4.78 is 19.3. The Balaban J connectivity index is 1.45. The molecule has 4 heterocycles. The Kier molecular flexibility index (Phi) is 4.30. The van der Waals surface area contributed by atoms with E-state index in [1.165, 1.54) is 6.33 Å². The number of carbonyl (C=O) groups is 1. The number of ether oxygens (including phenoxy) is 2. The fourth-order valence-corrected chi connectivity index (χ4v) is 3.57. The molecule has 0 aliphatic carbocycles. The fourth-order valence-electron chi connectivity index (χ4n) is 3.57. The Morgan fingerprint density at radius 1 is 1.44 bits per heavy atom. The number of hydrogen-bond acceptors (Lipinski definition) is 6. The molecule has 0 radical (unpaired) electrons. The van der Waals surface area contributed by atoms with E-state index in [1.807, 2.05) is 6.92 Å². The molecule has 1 spiro atoms. The Morgan fingerprint density at radius 2 is 2.36 bits per heavy atom. The molecular formula is C17H22N4O4. The van der Waals surface area contributed by atoms with Crippen LogP contribution in [0.2, 0.25) is 0 Å². The minimum absolute atomic E-state index is 0.0474. The van der Waals surface area contributed by atoms with Gasteiger partial charge in [0.15, 0.2) is 5.76 Å². The van der Waals surface area contributed by atoms with Gasteiger partial charge in [0.05, 0.1) is 32.4 Å². The van der Waals surface area contributed by atoms with E-state index in [4.69, 9.17) is 13.9 Å². The summed E-state index contributed by atoms with van der Waals surface area (Å²) in [5.74, 6) is 0.988. The molecule has 0 saturated carbocycles. The first-order valence-corrected chi connectivity index (χ1v) is 8.57. The van der Waals surface area contributed by atoms with E-state index in [0.717, 1.165) is 18.6 Å². The van der Waals surface area contributed by atoms with Gasteiger partial charge in [0.2, 0.25) is 0 Å². The summed E-state index contributed by atoms with van der Waals surface area (Å²) in [6, 6.07) is 3.52. The quantitative estimate of drug-likeness (QED) is 0.832. The van der Waals surface area contributed by atoms with Crippen LogP contribution in [-0.2, 0) is 16.0 Å². The molecule has 8 heteroatoms. The largest absolute Gasteiger partial charge is 0.456 e. The predicted octanol–water partition coefficient (Wildman–Crippen LogP) is 1.27. The van der Waals surface area contributed by atoms with Crippen molar-refractivity contribution in [3.8, 4) is 0 Å². The normalized spacial score (nSPS) is 26.9. The molecular weight excluding hydrogens is 324 g/mol. The highest BCUT2D eigenvalue weighted by molar-refractivity contribution is 5.91. The lowest BCUT2D eigenvalue weighted by atomic mass is 10.00. The molecule has 134 valence electrons. The van der Waals surface area contributed by atoms with Gasteiger partial charge in [-0.05, 0) is 31.9 Å². The number of aryl methyl sites for hydroxylation is 1. The monoisotopic (exact) mass is 346 g/mol. The van der Waals surface area contributed by atoms with E-state index in [9.17, 15) is 4.79 Å². The van der Waals surface area contributed by atoms with Gasteiger partial charge in [-0.3, -0.25) is 9.48 Å². The standard InChI is InChI=1S/C17H22N4O4/c1-13-2-3-15(24-13)16(22)20-6-7-23-10-17(9-20)5-4-14(25-17)8-21-12-18-11-19-21/h2-3,11-12,14H,4-10H2,1H3/t14-,17+/m1/s1. The molecule has 0 N–H and O–H groups in total. The van der Waals surface area contributed by atoms with Crippen LogP contribution in [0.15, 0.2) is 29.2 Å². The lowest BCUT2D eigenvalue weighted by molar-refractivity contribution is -0.0882. The molecule has 1 amide bonds. The first-order valence-electron chi connectivity index (χ1n) is 8.57. The minimum atomic E-state index is -0.459. The van der Waals surface area contributed by atoms with Crippen molar-refractivity contribution in [2.75, 3.05) is 26.3 Å². The number of aromatic nitrogens is 3. The maximum Gasteiger partial charge on any atom is 0.289 e. The summed E-state index contributed by atoms with van der Waals surface area (Å²) in [7, 11) is 0. The number of amides is 1. The van der Waals surface area contributed by atoms with Crippen LogP contribution in [-0.4, -0.2) is 63.6 Å². The van der Waals surface area contributed by atoms with Crippen molar-refractivity contribution < 1.29 is 18.7 Å². The van der Waals surface area contributed by atoms with E-state index in [-0.39, 0.29) is 12.0 Å². The maximum absolute atomic E-state index is 12.7. The molecule has 2 fully saturated rings. The number of furan rings is 1. The van der Waals surface area contributed by atoms with Gasteiger partial charge in [0.1, 0.15) is 24.0 Å². The van der Waals surface area contributed by atoms with Crippen molar-refractivity contribution in [3.63, 3.8) is 0 Å². The van der Waals surface area contributed by atoms with Gasteiger partial charge >= 0.3 is 0 Å². The Labute approximate surface area is 145 Å². The highest BCUT2D eigenvalue weighted by atomic mass is 16.6. The zero-order valence-electron chi connectivity index (χ0n) is 14.3. The zero-order valence-corrected chi connectivity index (χ0v) is 14.3.